The van der Waals surface area contributed by atoms with Crippen LogP contribution < -0.4 is 5.73 Å². The summed E-state index contributed by atoms with van der Waals surface area (Å²) in [6.07, 6.45) is 4.66. The van der Waals surface area contributed by atoms with Gasteiger partial charge in [-0.15, -0.1) is 0 Å². The molecule has 0 spiro atoms. The Labute approximate surface area is 60.6 Å². The smallest absolute Gasteiger partial charge is 0.0891 e. The molecule has 0 aromatic rings. The number of hydrogen-bond donors (Lipinski definition) is 1. The van der Waals surface area contributed by atoms with E-state index in [2.05, 4.69) is 6.07 Å². The maximum atomic E-state index is 8.55. The van der Waals surface area contributed by atoms with Crippen molar-refractivity contribution in [2.75, 3.05) is 0 Å². The number of nitrogens with two attached hydrogens (primary N) is 1. The van der Waals surface area contributed by atoms with Gasteiger partial charge in [0.1, 0.15) is 0 Å². The summed E-state index contributed by atoms with van der Waals surface area (Å²) in [6.45, 7) is 1.99. The molecule has 0 radical (unpaired) electrons. The standard InChI is InChI=1S/C8H10N2/c1-6-2-3-7(5-9)8(10)4-6/h2,4,7H,3,10H2,1H3. The lowest BCUT2D eigenvalue weighted by Crippen LogP contribution is -2.12. The molecule has 0 saturated heterocycles. The molecule has 1 aliphatic carbocycles. The average Bonchev–Trinajstić information content (AvgIpc) is 1.88. The first-order valence-corrected chi connectivity index (χ1v) is 3.27. The molecule has 0 heterocycles. The van der Waals surface area contributed by atoms with Crippen LogP contribution in [0.25, 0.3) is 0 Å². The van der Waals surface area contributed by atoms with E-state index < -0.39 is 0 Å². The number of nitriles is 1. The molecule has 2 N–H and O–H groups in total. The highest BCUT2D eigenvalue weighted by Crippen LogP contribution is 2.18. The fraction of sp³-hybridized carbons (Fsp3) is 0.375. The van der Waals surface area contributed by atoms with E-state index in [-0.39, 0.29) is 5.92 Å². The molecule has 0 amide bonds. The summed E-state index contributed by atoms with van der Waals surface area (Å²) < 4.78 is 0. The number of hydrogen-bond acceptors (Lipinski definition) is 2. The van der Waals surface area contributed by atoms with Crippen LogP contribution in [-0.4, -0.2) is 0 Å². The van der Waals surface area contributed by atoms with Gasteiger partial charge in [-0.3, -0.25) is 0 Å². The highest BCUT2D eigenvalue weighted by Gasteiger charge is 2.11. The van der Waals surface area contributed by atoms with Crippen molar-refractivity contribution in [1.82, 2.24) is 0 Å². The topological polar surface area (TPSA) is 49.8 Å². The first-order valence-electron chi connectivity index (χ1n) is 3.27. The van der Waals surface area contributed by atoms with Crippen LogP contribution in [0, 0.1) is 17.2 Å². The van der Waals surface area contributed by atoms with E-state index in [1.165, 1.54) is 0 Å². The van der Waals surface area contributed by atoms with E-state index >= 15 is 0 Å². The van der Waals surface area contributed by atoms with E-state index in [0.717, 1.165) is 12.0 Å². The van der Waals surface area contributed by atoms with Crippen molar-refractivity contribution in [3.63, 3.8) is 0 Å². The van der Waals surface area contributed by atoms with Crippen molar-refractivity contribution in [3.8, 4) is 6.07 Å². The van der Waals surface area contributed by atoms with Crippen molar-refractivity contribution in [2.24, 2.45) is 11.7 Å². The molecular weight excluding hydrogens is 124 g/mol. The SMILES string of the molecule is CC1=CCC(C#N)C(N)=C1. The summed E-state index contributed by atoms with van der Waals surface area (Å²) >= 11 is 0. The normalized spacial score (nSPS) is 24.6. The van der Waals surface area contributed by atoms with Crippen molar-refractivity contribution >= 4 is 0 Å². The Morgan fingerprint density at radius 2 is 2.50 bits per heavy atom. The molecule has 52 valence electrons. The quantitative estimate of drug-likeness (QED) is 0.543. The fourth-order valence-corrected chi connectivity index (χ4v) is 0.989. The monoisotopic (exact) mass is 134 g/mol. The highest BCUT2D eigenvalue weighted by atomic mass is 14.6. The number of nitrogens with zero attached hydrogens (tertiary/aromatic N) is 1. The molecule has 0 aromatic carbocycles. The Bertz CT molecular complexity index is 230. The number of allylic oxidation sites excluding steroid dienone is 4. The lowest BCUT2D eigenvalue weighted by atomic mass is 9.95. The van der Waals surface area contributed by atoms with E-state index in [4.69, 9.17) is 11.0 Å². The van der Waals surface area contributed by atoms with Crippen molar-refractivity contribution in [1.29, 1.82) is 5.26 Å². The molecule has 1 aliphatic rings. The molecule has 0 aromatic heterocycles. The molecule has 0 saturated carbocycles. The first-order chi connectivity index (χ1) is 4.74. The van der Waals surface area contributed by atoms with Gasteiger partial charge in [0.05, 0.1) is 12.0 Å². The van der Waals surface area contributed by atoms with Gasteiger partial charge in [0.2, 0.25) is 0 Å². The van der Waals surface area contributed by atoms with Crippen LogP contribution in [0.15, 0.2) is 23.4 Å². The minimum absolute atomic E-state index is 0.0938. The maximum Gasteiger partial charge on any atom is 0.0891 e. The summed E-state index contributed by atoms with van der Waals surface area (Å²) in [5.74, 6) is -0.0938. The lowest BCUT2D eigenvalue weighted by Gasteiger charge is -2.11. The summed E-state index contributed by atoms with van der Waals surface area (Å²) in [7, 11) is 0. The molecule has 1 rings (SSSR count). The van der Waals surface area contributed by atoms with Crippen LogP contribution in [0.5, 0.6) is 0 Å². The zero-order chi connectivity index (χ0) is 7.56. The predicted octanol–water partition coefficient (Wildman–Crippen LogP) is 1.32. The zero-order valence-electron chi connectivity index (χ0n) is 5.96. The second kappa shape index (κ2) is 2.57. The van der Waals surface area contributed by atoms with Gasteiger partial charge in [-0.1, -0.05) is 11.6 Å². The number of rotatable bonds is 0. The van der Waals surface area contributed by atoms with Gasteiger partial charge >= 0.3 is 0 Å². The minimum atomic E-state index is -0.0938. The Morgan fingerprint density at radius 1 is 1.80 bits per heavy atom. The molecule has 0 aliphatic heterocycles. The minimum Gasteiger partial charge on any atom is -0.401 e. The molecule has 1 atom stereocenters. The first kappa shape index (κ1) is 6.88. The van der Waals surface area contributed by atoms with Gasteiger partial charge in [-0.2, -0.15) is 5.26 Å². The van der Waals surface area contributed by atoms with E-state index in [9.17, 15) is 0 Å². The molecule has 2 heteroatoms. The third-order valence-electron chi connectivity index (χ3n) is 1.63. The van der Waals surface area contributed by atoms with Crippen LogP contribution >= 0.6 is 0 Å². The van der Waals surface area contributed by atoms with Gasteiger partial charge < -0.3 is 5.73 Å². The summed E-state index contributed by atoms with van der Waals surface area (Å²) in [4.78, 5) is 0. The molecular formula is C8H10N2. The zero-order valence-corrected chi connectivity index (χ0v) is 5.96. The third kappa shape index (κ3) is 1.19. The Balaban J connectivity index is 2.80. The Hall–Kier alpha value is -1.23. The van der Waals surface area contributed by atoms with Gasteiger partial charge in [-0.05, 0) is 19.4 Å². The van der Waals surface area contributed by atoms with Gasteiger partial charge in [0.15, 0.2) is 0 Å². The summed E-state index contributed by atoms with van der Waals surface area (Å²) in [5.41, 5.74) is 7.43. The van der Waals surface area contributed by atoms with Gasteiger partial charge in [-0.25, -0.2) is 0 Å². The predicted molar refractivity (Wildman–Crippen MR) is 39.7 cm³/mol. The van der Waals surface area contributed by atoms with Gasteiger partial charge in [0, 0.05) is 5.70 Å². The second-order valence-corrected chi connectivity index (χ2v) is 2.51. The Morgan fingerprint density at radius 3 is 3.00 bits per heavy atom. The second-order valence-electron chi connectivity index (χ2n) is 2.51. The van der Waals surface area contributed by atoms with E-state index in [0.29, 0.717) is 5.70 Å². The van der Waals surface area contributed by atoms with Crippen LogP contribution in [-0.2, 0) is 0 Å². The summed E-state index contributed by atoms with van der Waals surface area (Å²) in [5, 5.41) is 8.55. The lowest BCUT2D eigenvalue weighted by molar-refractivity contribution is 0.760. The van der Waals surface area contributed by atoms with Crippen molar-refractivity contribution in [3.05, 3.63) is 23.4 Å². The third-order valence-corrected chi connectivity index (χ3v) is 1.63. The Kier molecular flexibility index (Phi) is 1.77. The highest BCUT2D eigenvalue weighted by molar-refractivity contribution is 5.29. The molecule has 2 nitrogen and oxygen atoms in total. The summed E-state index contributed by atoms with van der Waals surface area (Å²) in [6, 6.07) is 2.14. The van der Waals surface area contributed by atoms with Gasteiger partial charge in [0.25, 0.3) is 0 Å². The molecule has 1 unspecified atom stereocenters. The largest absolute Gasteiger partial charge is 0.401 e. The van der Waals surface area contributed by atoms with E-state index in [1.54, 1.807) is 0 Å². The maximum absolute atomic E-state index is 8.55. The van der Waals surface area contributed by atoms with Crippen LogP contribution in [0.4, 0.5) is 0 Å². The molecule has 10 heavy (non-hydrogen) atoms. The van der Waals surface area contributed by atoms with Crippen LogP contribution in [0.1, 0.15) is 13.3 Å². The molecule has 0 bridgehead atoms. The van der Waals surface area contributed by atoms with Crippen LogP contribution in [0.3, 0.4) is 0 Å². The van der Waals surface area contributed by atoms with E-state index in [1.807, 2.05) is 19.1 Å². The van der Waals surface area contributed by atoms with Crippen LogP contribution in [0.2, 0.25) is 0 Å². The average molecular weight is 134 g/mol. The fourth-order valence-electron chi connectivity index (χ4n) is 0.989. The van der Waals surface area contributed by atoms with Crippen molar-refractivity contribution in [2.45, 2.75) is 13.3 Å². The molecule has 0 fully saturated rings. The van der Waals surface area contributed by atoms with Crippen molar-refractivity contribution < 1.29 is 0 Å².